The van der Waals surface area contributed by atoms with Crippen LogP contribution in [0.25, 0.3) is 0 Å². The number of aromatic nitrogens is 2. The van der Waals surface area contributed by atoms with Gasteiger partial charge in [-0.2, -0.15) is 5.10 Å². The van der Waals surface area contributed by atoms with Crippen LogP contribution in [0.4, 0.5) is 5.82 Å². The van der Waals surface area contributed by atoms with E-state index in [-0.39, 0.29) is 5.15 Å². The highest BCUT2D eigenvalue weighted by Gasteiger charge is 2.03. The number of halogens is 1. The molecule has 7 nitrogen and oxygen atoms in total. The highest BCUT2D eigenvalue weighted by molar-refractivity contribution is 6.29. The maximum absolute atomic E-state index is 10.5. The normalized spacial score (nSPS) is 10.5. The number of nitrogens with one attached hydrogen (secondary N) is 1. The number of aliphatic carboxylic acids is 1. The zero-order valence-corrected chi connectivity index (χ0v) is 11.5. The molecular formula is C13H11ClN4O3. The van der Waals surface area contributed by atoms with Gasteiger partial charge in [0, 0.05) is 5.56 Å². The van der Waals surface area contributed by atoms with Gasteiger partial charge in [0.15, 0.2) is 17.6 Å². The van der Waals surface area contributed by atoms with E-state index in [4.69, 9.17) is 21.4 Å². The summed E-state index contributed by atoms with van der Waals surface area (Å²) in [7, 11) is 0. The average molecular weight is 307 g/mol. The Morgan fingerprint density at radius 2 is 2.14 bits per heavy atom. The number of anilines is 1. The second kappa shape index (κ2) is 7.20. The van der Waals surface area contributed by atoms with Crippen LogP contribution in [0.1, 0.15) is 5.56 Å². The molecule has 2 rings (SSSR count). The van der Waals surface area contributed by atoms with Crippen LogP contribution in [0, 0.1) is 0 Å². The standard InChI is InChI=1S/C13H11ClN4O3/c14-11-5-6-12(18-16-11)17-15-7-9-3-1-2-4-10(9)21-8-13(19)20/h1-7H,8H2,(H,17,18)(H,19,20). The van der Waals surface area contributed by atoms with Gasteiger partial charge in [0.1, 0.15) is 5.75 Å². The lowest BCUT2D eigenvalue weighted by Crippen LogP contribution is -2.10. The fraction of sp³-hybridized carbons (Fsp3) is 0.0769. The van der Waals surface area contributed by atoms with E-state index in [1.54, 1.807) is 36.4 Å². The largest absolute Gasteiger partial charge is 0.481 e. The number of benzene rings is 1. The molecule has 8 heteroatoms. The third-order valence-corrected chi connectivity index (χ3v) is 2.49. The number of carboxylic acids is 1. The molecule has 1 heterocycles. The summed E-state index contributed by atoms with van der Waals surface area (Å²) in [6.07, 6.45) is 1.49. The fourth-order valence-corrected chi connectivity index (χ4v) is 1.50. The van der Waals surface area contributed by atoms with E-state index in [1.807, 2.05) is 0 Å². The Hall–Kier alpha value is -2.67. The summed E-state index contributed by atoms with van der Waals surface area (Å²) in [6.45, 7) is -0.416. The van der Waals surface area contributed by atoms with Crippen LogP contribution in [-0.4, -0.2) is 34.1 Å². The zero-order chi connectivity index (χ0) is 15.1. The van der Waals surface area contributed by atoms with Gasteiger partial charge >= 0.3 is 5.97 Å². The first-order valence-corrected chi connectivity index (χ1v) is 6.25. The summed E-state index contributed by atoms with van der Waals surface area (Å²) in [4.78, 5) is 10.5. The molecule has 1 aromatic heterocycles. The topological polar surface area (TPSA) is 96.7 Å². The lowest BCUT2D eigenvalue weighted by Gasteiger charge is -2.06. The van der Waals surface area contributed by atoms with Gasteiger partial charge in [-0.15, -0.1) is 10.2 Å². The lowest BCUT2D eigenvalue weighted by atomic mass is 10.2. The predicted octanol–water partition coefficient (Wildman–Crippen LogP) is 2.04. The zero-order valence-electron chi connectivity index (χ0n) is 10.7. The Kier molecular flexibility index (Phi) is 5.05. The van der Waals surface area contributed by atoms with E-state index < -0.39 is 12.6 Å². The Labute approximate surface area is 125 Å². The Morgan fingerprint density at radius 3 is 2.86 bits per heavy atom. The molecule has 2 aromatic rings. The third-order valence-electron chi connectivity index (χ3n) is 2.28. The average Bonchev–Trinajstić information content (AvgIpc) is 2.48. The Morgan fingerprint density at radius 1 is 1.33 bits per heavy atom. The third kappa shape index (κ3) is 4.73. The summed E-state index contributed by atoms with van der Waals surface area (Å²) in [5.74, 6) is -0.191. The van der Waals surface area contributed by atoms with Gasteiger partial charge in [-0.3, -0.25) is 5.43 Å². The van der Waals surface area contributed by atoms with Crippen molar-refractivity contribution >= 4 is 29.6 Å². The highest BCUT2D eigenvalue weighted by atomic mass is 35.5. The second-order valence-corrected chi connectivity index (χ2v) is 4.22. The van der Waals surface area contributed by atoms with E-state index in [9.17, 15) is 4.79 Å². The molecule has 0 spiro atoms. The summed E-state index contributed by atoms with van der Waals surface area (Å²) >= 11 is 5.62. The van der Waals surface area contributed by atoms with Crippen molar-refractivity contribution in [2.24, 2.45) is 5.10 Å². The maximum Gasteiger partial charge on any atom is 0.341 e. The van der Waals surface area contributed by atoms with Crippen LogP contribution in [0.5, 0.6) is 5.75 Å². The van der Waals surface area contributed by atoms with Gasteiger partial charge in [0.25, 0.3) is 0 Å². The molecular weight excluding hydrogens is 296 g/mol. The van der Waals surface area contributed by atoms with Crippen molar-refractivity contribution in [3.8, 4) is 5.75 Å². The summed E-state index contributed by atoms with van der Waals surface area (Å²) < 4.78 is 5.15. The molecule has 0 radical (unpaired) electrons. The van der Waals surface area contributed by atoms with Gasteiger partial charge < -0.3 is 9.84 Å². The molecule has 0 atom stereocenters. The molecule has 108 valence electrons. The summed E-state index contributed by atoms with van der Waals surface area (Å²) in [5.41, 5.74) is 3.31. The van der Waals surface area contributed by atoms with Crippen LogP contribution in [0.2, 0.25) is 5.15 Å². The first kappa shape index (κ1) is 14.7. The van der Waals surface area contributed by atoms with Gasteiger partial charge in [0.05, 0.1) is 6.21 Å². The van der Waals surface area contributed by atoms with Gasteiger partial charge in [-0.05, 0) is 24.3 Å². The number of hydrogen-bond acceptors (Lipinski definition) is 6. The number of rotatable bonds is 6. The minimum absolute atomic E-state index is 0.289. The molecule has 1 aromatic carbocycles. The number of nitrogens with zero attached hydrogens (tertiary/aromatic N) is 3. The molecule has 0 aliphatic carbocycles. The molecule has 0 saturated carbocycles. The molecule has 0 bridgehead atoms. The summed E-state index contributed by atoms with van der Waals surface area (Å²) in [5, 5.41) is 20.3. The highest BCUT2D eigenvalue weighted by Crippen LogP contribution is 2.15. The van der Waals surface area contributed by atoms with Crippen LogP contribution in [-0.2, 0) is 4.79 Å². The molecule has 21 heavy (non-hydrogen) atoms. The van der Waals surface area contributed by atoms with Crippen molar-refractivity contribution in [1.82, 2.24) is 10.2 Å². The number of hydrazone groups is 1. The lowest BCUT2D eigenvalue weighted by molar-refractivity contribution is -0.139. The van der Waals surface area contributed by atoms with Crippen molar-refractivity contribution in [2.75, 3.05) is 12.0 Å². The van der Waals surface area contributed by atoms with E-state index in [1.165, 1.54) is 6.21 Å². The monoisotopic (exact) mass is 306 g/mol. The van der Waals surface area contributed by atoms with Crippen LogP contribution in [0.3, 0.4) is 0 Å². The van der Waals surface area contributed by atoms with E-state index in [2.05, 4.69) is 20.7 Å². The van der Waals surface area contributed by atoms with E-state index in [0.29, 0.717) is 17.1 Å². The number of hydrogen-bond donors (Lipinski definition) is 2. The number of carbonyl (C=O) groups is 1. The van der Waals surface area contributed by atoms with Crippen molar-refractivity contribution in [2.45, 2.75) is 0 Å². The second-order valence-electron chi connectivity index (χ2n) is 3.83. The molecule has 0 aliphatic rings. The molecule has 0 fully saturated rings. The smallest absolute Gasteiger partial charge is 0.341 e. The first-order chi connectivity index (χ1) is 10.1. The molecule has 0 amide bonds. The maximum atomic E-state index is 10.5. The van der Waals surface area contributed by atoms with Gasteiger partial charge in [0.2, 0.25) is 0 Å². The number of ether oxygens (including phenoxy) is 1. The first-order valence-electron chi connectivity index (χ1n) is 5.87. The molecule has 0 aliphatic heterocycles. The van der Waals surface area contributed by atoms with Crippen molar-refractivity contribution in [3.05, 3.63) is 47.1 Å². The van der Waals surface area contributed by atoms with Crippen LogP contribution in [0.15, 0.2) is 41.5 Å². The van der Waals surface area contributed by atoms with Crippen LogP contribution < -0.4 is 10.2 Å². The number of carboxylic acid groups (broad SMARTS) is 1. The minimum atomic E-state index is -1.05. The minimum Gasteiger partial charge on any atom is -0.481 e. The quantitative estimate of drug-likeness (QED) is 0.626. The number of para-hydroxylation sites is 1. The van der Waals surface area contributed by atoms with E-state index >= 15 is 0 Å². The summed E-state index contributed by atoms with van der Waals surface area (Å²) in [6, 6.07) is 10.1. The van der Waals surface area contributed by atoms with E-state index in [0.717, 1.165) is 0 Å². The molecule has 0 saturated heterocycles. The SMILES string of the molecule is O=C(O)COc1ccccc1C=NNc1ccc(Cl)nn1. The van der Waals surface area contributed by atoms with Gasteiger partial charge in [-0.1, -0.05) is 23.7 Å². The molecule has 2 N–H and O–H groups in total. The van der Waals surface area contributed by atoms with Crippen molar-refractivity contribution in [3.63, 3.8) is 0 Å². The van der Waals surface area contributed by atoms with Crippen molar-refractivity contribution in [1.29, 1.82) is 0 Å². The van der Waals surface area contributed by atoms with Crippen molar-refractivity contribution < 1.29 is 14.6 Å². The predicted molar refractivity (Wildman–Crippen MR) is 77.8 cm³/mol. The van der Waals surface area contributed by atoms with Gasteiger partial charge in [-0.25, -0.2) is 4.79 Å². The molecule has 0 unspecified atom stereocenters. The Balaban J connectivity index is 2.03. The van der Waals surface area contributed by atoms with Crippen LogP contribution >= 0.6 is 11.6 Å². The Bertz CT molecular complexity index is 646. The fourth-order valence-electron chi connectivity index (χ4n) is 1.40.